The van der Waals surface area contributed by atoms with Crippen molar-refractivity contribution >= 4 is 28.3 Å². The first-order chi connectivity index (χ1) is 9.65. The molecule has 0 aliphatic heterocycles. The maximum atomic E-state index is 12.9. The lowest BCUT2D eigenvalue weighted by Crippen LogP contribution is -2.09. The van der Waals surface area contributed by atoms with E-state index < -0.39 is 0 Å². The minimum absolute atomic E-state index is 0.0811. The van der Waals surface area contributed by atoms with Crippen LogP contribution in [0.1, 0.15) is 10.4 Å². The van der Waals surface area contributed by atoms with Gasteiger partial charge in [-0.3, -0.25) is 4.79 Å². The minimum Gasteiger partial charge on any atom is -0.338 e. The Morgan fingerprint density at radius 1 is 1.10 bits per heavy atom. The molecule has 20 heavy (non-hydrogen) atoms. The summed E-state index contributed by atoms with van der Waals surface area (Å²) in [4.78, 5) is 12.2. The number of hydrogen-bond donors (Lipinski definition) is 0. The number of aromatic nitrogens is 1. The molecule has 1 heterocycles. The molecule has 0 atom stereocenters. The van der Waals surface area contributed by atoms with Gasteiger partial charge in [-0.25, -0.2) is 4.39 Å². The van der Waals surface area contributed by atoms with Gasteiger partial charge in [0.1, 0.15) is 5.82 Å². The van der Waals surface area contributed by atoms with Gasteiger partial charge in [0, 0.05) is 22.7 Å². The van der Waals surface area contributed by atoms with Crippen molar-refractivity contribution in [2.24, 2.45) is 0 Å². The Morgan fingerprint density at radius 2 is 1.80 bits per heavy atom. The van der Waals surface area contributed by atoms with Crippen molar-refractivity contribution in [2.45, 2.75) is 6.54 Å². The number of carbonyl (C=O) groups is 1. The second-order valence-corrected chi connectivity index (χ2v) is 4.96. The number of Topliss-reactive ketones (excluding diaryl/α,β-unsaturated/α-hetero) is 1. The molecular weight excluding hydrogens is 277 g/mol. The first kappa shape index (κ1) is 12.9. The van der Waals surface area contributed by atoms with Gasteiger partial charge in [0.15, 0.2) is 5.78 Å². The molecule has 3 aromatic rings. The number of nitrogens with zero attached hydrogens (tertiary/aromatic N) is 1. The monoisotopic (exact) mass is 287 g/mol. The van der Waals surface area contributed by atoms with E-state index in [4.69, 9.17) is 11.6 Å². The summed E-state index contributed by atoms with van der Waals surface area (Å²) in [6.45, 7) is 0.179. The van der Waals surface area contributed by atoms with E-state index in [-0.39, 0.29) is 18.1 Å². The third-order valence-corrected chi connectivity index (χ3v) is 3.52. The highest BCUT2D eigenvalue weighted by molar-refractivity contribution is 6.35. The van der Waals surface area contributed by atoms with Crippen molar-refractivity contribution in [3.63, 3.8) is 0 Å². The lowest BCUT2D eigenvalue weighted by Gasteiger charge is -2.04. The molecule has 100 valence electrons. The molecule has 1 aromatic heterocycles. The zero-order valence-corrected chi connectivity index (χ0v) is 11.3. The highest BCUT2D eigenvalue weighted by Gasteiger charge is 2.11. The number of ketones is 1. The topological polar surface area (TPSA) is 22.0 Å². The summed E-state index contributed by atoms with van der Waals surface area (Å²) in [7, 11) is 0. The van der Waals surface area contributed by atoms with Gasteiger partial charge in [0.2, 0.25) is 0 Å². The summed E-state index contributed by atoms with van der Waals surface area (Å²) in [6, 6.07) is 13.2. The van der Waals surface area contributed by atoms with Crippen LogP contribution in [-0.2, 0) is 6.54 Å². The fourth-order valence-corrected chi connectivity index (χ4v) is 2.49. The molecule has 0 N–H and O–H groups in total. The third-order valence-electron chi connectivity index (χ3n) is 3.22. The fraction of sp³-hybridized carbons (Fsp3) is 0.0625. The zero-order valence-electron chi connectivity index (χ0n) is 10.5. The number of hydrogen-bond acceptors (Lipinski definition) is 1. The number of halogens is 2. The summed E-state index contributed by atoms with van der Waals surface area (Å²) in [5.74, 6) is -0.432. The average molecular weight is 288 g/mol. The molecule has 0 aliphatic rings. The van der Waals surface area contributed by atoms with Gasteiger partial charge < -0.3 is 4.57 Å². The maximum Gasteiger partial charge on any atom is 0.182 e. The van der Waals surface area contributed by atoms with Gasteiger partial charge in [-0.05, 0) is 30.3 Å². The van der Waals surface area contributed by atoms with Gasteiger partial charge in [-0.2, -0.15) is 0 Å². The standard InChI is InChI=1S/C16H11ClFNO/c17-14-9-19(15-4-2-1-3-13(14)15)10-16(20)11-5-7-12(18)8-6-11/h1-9H,10H2. The lowest BCUT2D eigenvalue weighted by molar-refractivity contribution is 0.0973. The van der Waals surface area contributed by atoms with E-state index in [0.717, 1.165) is 10.9 Å². The molecule has 0 unspecified atom stereocenters. The van der Waals surface area contributed by atoms with Crippen LogP contribution in [0.5, 0.6) is 0 Å². The van der Waals surface area contributed by atoms with Gasteiger partial charge in [0.05, 0.1) is 11.6 Å². The summed E-state index contributed by atoms with van der Waals surface area (Å²) >= 11 is 6.15. The predicted octanol–water partition coefficient (Wildman–Crippen LogP) is 4.32. The number of carbonyl (C=O) groups excluding carboxylic acids is 1. The minimum atomic E-state index is -0.351. The number of para-hydroxylation sites is 1. The molecule has 2 nitrogen and oxygen atoms in total. The number of fused-ring (bicyclic) bond motifs is 1. The SMILES string of the molecule is O=C(Cn1cc(Cl)c2ccccc21)c1ccc(F)cc1. The normalized spacial score (nSPS) is 10.9. The van der Waals surface area contributed by atoms with Gasteiger partial charge in [0.25, 0.3) is 0 Å². The number of benzene rings is 2. The first-order valence-corrected chi connectivity index (χ1v) is 6.55. The molecule has 0 spiro atoms. The molecular formula is C16H11ClFNO. The van der Waals surface area contributed by atoms with Crippen LogP contribution < -0.4 is 0 Å². The molecule has 0 amide bonds. The van der Waals surface area contributed by atoms with Crippen molar-refractivity contribution in [1.82, 2.24) is 4.57 Å². The van der Waals surface area contributed by atoms with Crippen LogP contribution in [-0.4, -0.2) is 10.4 Å². The Labute approximate surface area is 120 Å². The van der Waals surface area contributed by atoms with E-state index in [1.165, 1.54) is 24.3 Å². The van der Waals surface area contributed by atoms with Crippen molar-refractivity contribution in [3.05, 3.63) is 71.1 Å². The molecule has 2 aromatic carbocycles. The Kier molecular flexibility index (Phi) is 3.28. The molecule has 0 saturated heterocycles. The molecule has 0 bridgehead atoms. The van der Waals surface area contributed by atoms with E-state index >= 15 is 0 Å². The van der Waals surface area contributed by atoms with Crippen molar-refractivity contribution in [1.29, 1.82) is 0 Å². The van der Waals surface area contributed by atoms with Crippen molar-refractivity contribution in [2.75, 3.05) is 0 Å². The van der Waals surface area contributed by atoms with Crippen LogP contribution in [0.4, 0.5) is 4.39 Å². The second-order valence-electron chi connectivity index (χ2n) is 4.55. The summed E-state index contributed by atoms with van der Waals surface area (Å²) in [5, 5.41) is 1.54. The maximum absolute atomic E-state index is 12.9. The van der Waals surface area contributed by atoms with Crippen molar-refractivity contribution in [3.8, 4) is 0 Å². The fourth-order valence-electron chi connectivity index (χ4n) is 2.21. The molecule has 3 rings (SSSR count). The van der Waals surface area contributed by atoms with E-state index in [1.807, 2.05) is 28.8 Å². The first-order valence-electron chi connectivity index (χ1n) is 6.17. The Hall–Kier alpha value is -2.13. The molecule has 0 aliphatic carbocycles. The molecule has 0 radical (unpaired) electrons. The smallest absolute Gasteiger partial charge is 0.182 e. The van der Waals surface area contributed by atoms with Crippen LogP contribution in [0.15, 0.2) is 54.7 Å². The zero-order chi connectivity index (χ0) is 14.1. The third kappa shape index (κ3) is 2.32. The van der Waals surface area contributed by atoms with Gasteiger partial charge >= 0.3 is 0 Å². The molecule has 0 saturated carbocycles. The Bertz CT molecular complexity index is 777. The highest BCUT2D eigenvalue weighted by atomic mass is 35.5. The summed E-state index contributed by atoms with van der Waals surface area (Å²) < 4.78 is 14.7. The second kappa shape index (κ2) is 5.10. The molecule has 4 heteroatoms. The van der Waals surface area contributed by atoms with E-state index in [0.29, 0.717) is 10.6 Å². The van der Waals surface area contributed by atoms with Crippen LogP contribution in [0.2, 0.25) is 5.02 Å². The van der Waals surface area contributed by atoms with Crippen LogP contribution >= 0.6 is 11.6 Å². The lowest BCUT2D eigenvalue weighted by atomic mass is 10.1. The van der Waals surface area contributed by atoms with Gasteiger partial charge in [-0.15, -0.1) is 0 Å². The quantitative estimate of drug-likeness (QED) is 0.658. The average Bonchev–Trinajstić information content (AvgIpc) is 2.77. The van der Waals surface area contributed by atoms with Crippen LogP contribution in [0.25, 0.3) is 10.9 Å². The largest absolute Gasteiger partial charge is 0.338 e. The van der Waals surface area contributed by atoms with Crippen LogP contribution in [0, 0.1) is 5.82 Å². The highest BCUT2D eigenvalue weighted by Crippen LogP contribution is 2.25. The van der Waals surface area contributed by atoms with E-state index in [1.54, 1.807) is 6.20 Å². The predicted molar refractivity (Wildman–Crippen MR) is 77.7 cm³/mol. The Morgan fingerprint density at radius 3 is 2.55 bits per heavy atom. The Balaban J connectivity index is 1.93. The van der Waals surface area contributed by atoms with Crippen LogP contribution in [0.3, 0.4) is 0 Å². The number of rotatable bonds is 3. The summed E-state index contributed by atoms with van der Waals surface area (Å²) in [5.41, 5.74) is 1.40. The van der Waals surface area contributed by atoms with Crippen molar-refractivity contribution < 1.29 is 9.18 Å². The van der Waals surface area contributed by atoms with E-state index in [9.17, 15) is 9.18 Å². The molecule has 0 fully saturated rings. The van der Waals surface area contributed by atoms with E-state index in [2.05, 4.69) is 0 Å². The van der Waals surface area contributed by atoms with Gasteiger partial charge in [-0.1, -0.05) is 29.8 Å². The summed E-state index contributed by atoms with van der Waals surface area (Å²) in [6.07, 6.45) is 1.74.